The van der Waals surface area contributed by atoms with E-state index >= 15 is 0 Å². The van der Waals surface area contributed by atoms with Crippen LogP contribution in [0.25, 0.3) is 0 Å². The second kappa shape index (κ2) is 10.1. The number of benzene rings is 1. The second-order valence-corrected chi connectivity index (χ2v) is 10.2. The van der Waals surface area contributed by atoms with E-state index in [4.69, 9.17) is 8.92 Å². The van der Waals surface area contributed by atoms with E-state index in [2.05, 4.69) is 0 Å². The Morgan fingerprint density at radius 1 is 1.14 bits per heavy atom. The summed E-state index contributed by atoms with van der Waals surface area (Å²) in [6, 6.07) is 8.72. The van der Waals surface area contributed by atoms with Crippen molar-refractivity contribution in [2.24, 2.45) is 0 Å². The molecule has 0 saturated carbocycles. The monoisotopic (exact) mass is 440 g/mol. The third-order valence-corrected chi connectivity index (χ3v) is 6.65. The fourth-order valence-electron chi connectivity index (χ4n) is 2.46. The largest absolute Gasteiger partial charge is 0.493 e. The molecule has 0 aliphatic rings. The van der Waals surface area contributed by atoms with Crippen molar-refractivity contribution in [3.63, 3.8) is 0 Å². The number of ether oxygens (including phenoxy) is 1. The van der Waals surface area contributed by atoms with E-state index in [0.717, 1.165) is 5.56 Å². The average Bonchev–Trinajstić information content (AvgIpc) is 3.19. The zero-order valence-electron chi connectivity index (χ0n) is 17.4. The van der Waals surface area contributed by atoms with Gasteiger partial charge < -0.3 is 18.7 Å². The summed E-state index contributed by atoms with van der Waals surface area (Å²) >= 11 is 1.40. The molecule has 2 aromatic rings. The maximum atomic E-state index is 12.9. The number of thiophene rings is 1. The Kier molecular flexibility index (Phi) is 8.06. The van der Waals surface area contributed by atoms with Gasteiger partial charge in [0, 0.05) is 19.6 Å². The molecule has 1 amide bonds. The van der Waals surface area contributed by atoms with Crippen LogP contribution in [0.15, 0.2) is 35.7 Å². The summed E-state index contributed by atoms with van der Waals surface area (Å²) in [6.45, 7) is 4.67. The molecule has 1 aromatic carbocycles. The summed E-state index contributed by atoms with van der Waals surface area (Å²) in [5, 5.41) is 1.18. The Hall–Kier alpha value is -2.10. The average molecular weight is 441 g/mol. The first-order valence-corrected chi connectivity index (χ1v) is 11.6. The van der Waals surface area contributed by atoms with E-state index in [-0.39, 0.29) is 11.7 Å². The molecule has 0 saturated heterocycles. The molecule has 160 valence electrons. The first-order chi connectivity index (χ1) is 13.6. The van der Waals surface area contributed by atoms with Gasteiger partial charge in [0.15, 0.2) is 11.5 Å². The van der Waals surface area contributed by atoms with Crippen LogP contribution in [0.1, 0.15) is 29.1 Å². The molecule has 7 nitrogen and oxygen atoms in total. The molecule has 0 N–H and O–H groups in total. The first kappa shape index (κ1) is 23.2. The van der Waals surface area contributed by atoms with Gasteiger partial charge in [-0.1, -0.05) is 12.1 Å². The van der Waals surface area contributed by atoms with Crippen molar-refractivity contribution in [1.29, 1.82) is 0 Å². The number of rotatable bonds is 10. The van der Waals surface area contributed by atoms with Gasteiger partial charge in [-0.15, -0.1) is 11.3 Å². The fourth-order valence-corrected chi connectivity index (χ4v) is 3.72. The lowest BCUT2D eigenvalue weighted by molar-refractivity contribution is 0.0736. The van der Waals surface area contributed by atoms with Gasteiger partial charge in [-0.25, -0.2) is 0 Å². The summed E-state index contributed by atoms with van der Waals surface area (Å²) in [5.74, 6) is 0.382. The van der Waals surface area contributed by atoms with Crippen molar-refractivity contribution in [1.82, 2.24) is 9.80 Å². The van der Waals surface area contributed by atoms with Crippen LogP contribution in [-0.2, 0) is 16.7 Å². The topological polar surface area (TPSA) is 76.2 Å². The molecule has 0 radical (unpaired) electrons. The number of carbonyl (C=O) groups is 1. The van der Waals surface area contributed by atoms with E-state index < -0.39 is 15.4 Å². The molecule has 0 unspecified atom stereocenters. The summed E-state index contributed by atoms with van der Waals surface area (Å²) in [4.78, 5) is 17.3. The molecule has 9 heteroatoms. The predicted molar refractivity (Wildman–Crippen MR) is 115 cm³/mol. The van der Waals surface area contributed by atoms with Crippen LogP contribution in [0.3, 0.4) is 0 Å². The van der Waals surface area contributed by atoms with E-state index in [9.17, 15) is 13.2 Å². The molecule has 0 aliphatic carbocycles. The molecular weight excluding hydrogens is 412 g/mol. The summed E-state index contributed by atoms with van der Waals surface area (Å²) in [5.41, 5.74) is 0.753. The number of hydrogen-bond donors (Lipinski definition) is 0. The smallest absolute Gasteiger partial charge is 0.311 e. The zero-order chi connectivity index (χ0) is 21.6. The lowest BCUT2D eigenvalue weighted by Gasteiger charge is -2.24. The number of likely N-dealkylation sites (N-methyl/N-ethyl adjacent to an activating group) is 1. The second-order valence-electron chi connectivity index (χ2n) is 7.12. The van der Waals surface area contributed by atoms with Crippen LogP contribution in [0, 0.1) is 0 Å². The third-order valence-electron chi connectivity index (χ3n) is 4.22. The SMILES string of the molecule is COc1ccc(CN(CCN(C)C)C(=O)c2cccs2)cc1OS(=O)(=O)C(C)C. The number of methoxy groups -OCH3 is 1. The van der Waals surface area contributed by atoms with Crippen molar-refractivity contribution in [2.45, 2.75) is 25.6 Å². The molecule has 2 rings (SSSR count). The highest BCUT2D eigenvalue weighted by atomic mass is 32.2. The Balaban J connectivity index is 2.30. The van der Waals surface area contributed by atoms with Gasteiger partial charge in [0.2, 0.25) is 0 Å². The van der Waals surface area contributed by atoms with Gasteiger partial charge >= 0.3 is 10.1 Å². The maximum absolute atomic E-state index is 12.9. The van der Waals surface area contributed by atoms with Gasteiger partial charge in [0.25, 0.3) is 5.91 Å². The molecule has 0 aliphatic heterocycles. The van der Waals surface area contributed by atoms with Crippen molar-refractivity contribution in [3.05, 3.63) is 46.2 Å². The van der Waals surface area contributed by atoms with Gasteiger partial charge in [0.1, 0.15) is 0 Å². The zero-order valence-corrected chi connectivity index (χ0v) is 19.0. The summed E-state index contributed by atoms with van der Waals surface area (Å²) in [7, 11) is 1.58. The van der Waals surface area contributed by atoms with Crippen LogP contribution in [0.4, 0.5) is 0 Å². The predicted octanol–water partition coefficient (Wildman–Crippen LogP) is 3.08. The lowest BCUT2D eigenvalue weighted by Crippen LogP contribution is -2.35. The molecular formula is C20H28N2O5S2. The lowest BCUT2D eigenvalue weighted by atomic mass is 10.2. The highest BCUT2D eigenvalue weighted by molar-refractivity contribution is 7.87. The van der Waals surface area contributed by atoms with E-state index in [1.165, 1.54) is 18.4 Å². The van der Waals surface area contributed by atoms with Gasteiger partial charge in [-0.3, -0.25) is 4.79 Å². The van der Waals surface area contributed by atoms with E-state index in [1.807, 2.05) is 30.4 Å². The molecule has 0 fully saturated rings. The van der Waals surface area contributed by atoms with Crippen molar-refractivity contribution in [2.75, 3.05) is 34.3 Å². The van der Waals surface area contributed by atoms with Crippen LogP contribution in [0.2, 0.25) is 0 Å². The molecule has 29 heavy (non-hydrogen) atoms. The minimum atomic E-state index is -3.77. The molecule has 0 bridgehead atoms. The van der Waals surface area contributed by atoms with Gasteiger partial charge in [-0.2, -0.15) is 8.42 Å². The van der Waals surface area contributed by atoms with Crippen molar-refractivity contribution in [3.8, 4) is 11.5 Å². The van der Waals surface area contributed by atoms with E-state index in [1.54, 1.807) is 43.0 Å². The quantitative estimate of drug-likeness (QED) is 0.529. The first-order valence-electron chi connectivity index (χ1n) is 9.21. The Bertz CT molecular complexity index is 909. The standard InChI is InChI=1S/C20H28N2O5S2/c1-15(2)29(24,25)27-18-13-16(8-9-17(18)26-5)14-22(11-10-21(3)4)20(23)19-7-6-12-28-19/h6-9,12-13,15H,10-11,14H2,1-5H3. The highest BCUT2D eigenvalue weighted by Crippen LogP contribution is 2.31. The van der Waals surface area contributed by atoms with Gasteiger partial charge in [-0.05, 0) is 57.1 Å². The summed E-state index contributed by atoms with van der Waals surface area (Å²) < 4.78 is 34.9. The molecule has 0 spiro atoms. The highest BCUT2D eigenvalue weighted by Gasteiger charge is 2.22. The number of carbonyl (C=O) groups excluding carboxylic acids is 1. The van der Waals surface area contributed by atoms with Crippen LogP contribution in [0.5, 0.6) is 11.5 Å². The minimum absolute atomic E-state index is 0.0602. The molecule has 1 aromatic heterocycles. The van der Waals surface area contributed by atoms with Crippen molar-refractivity contribution < 1.29 is 22.1 Å². The van der Waals surface area contributed by atoms with Crippen LogP contribution in [-0.4, -0.2) is 63.7 Å². The number of hydrogen-bond acceptors (Lipinski definition) is 7. The normalized spacial score (nSPS) is 11.7. The molecule has 1 heterocycles. The molecule has 0 atom stereocenters. The third kappa shape index (κ3) is 6.45. The summed E-state index contributed by atoms with van der Waals surface area (Å²) in [6.07, 6.45) is 0. The Morgan fingerprint density at radius 3 is 2.41 bits per heavy atom. The maximum Gasteiger partial charge on any atom is 0.311 e. The van der Waals surface area contributed by atoms with Gasteiger partial charge in [0.05, 0.1) is 17.2 Å². The van der Waals surface area contributed by atoms with Crippen LogP contribution >= 0.6 is 11.3 Å². The number of amides is 1. The fraction of sp³-hybridized carbons (Fsp3) is 0.450. The Morgan fingerprint density at radius 2 is 1.86 bits per heavy atom. The van der Waals surface area contributed by atoms with Crippen molar-refractivity contribution >= 4 is 27.4 Å². The van der Waals surface area contributed by atoms with E-state index in [0.29, 0.717) is 30.3 Å². The Labute approximate surface area is 177 Å². The van der Waals surface area contributed by atoms with Crippen LogP contribution < -0.4 is 8.92 Å². The minimum Gasteiger partial charge on any atom is -0.493 e. The number of nitrogens with zero attached hydrogens (tertiary/aromatic N) is 2.